The molecule has 0 fully saturated rings. The van der Waals surface area contributed by atoms with Crippen LogP contribution in [0.2, 0.25) is 0 Å². The zero-order valence-corrected chi connectivity index (χ0v) is 7.31. The van der Waals surface area contributed by atoms with Gasteiger partial charge in [0.15, 0.2) is 0 Å². The van der Waals surface area contributed by atoms with Crippen molar-refractivity contribution in [3.05, 3.63) is 11.8 Å². The van der Waals surface area contributed by atoms with E-state index in [4.69, 9.17) is 4.74 Å². The van der Waals surface area contributed by atoms with Gasteiger partial charge in [-0.2, -0.15) is 0 Å². The normalized spacial score (nSPS) is 11.0. The lowest BCUT2D eigenvalue weighted by Crippen LogP contribution is -2.23. The van der Waals surface area contributed by atoms with E-state index >= 15 is 0 Å². The molecule has 0 spiro atoms. The first-order valence-electron chi connectivity index (χ1n) is 3.78. The highest BCUT2D eigenvalue weighted by Crippen LogP contribution is 1.92. The summed E-state index contributed by atoms with van der Waals surface area (Å²) in [4.78, 5) is 11.0. The third-order valence-corrected chi connectivity index (χ3v) is 1.12. The maximum atomic E-state index is 11.0. The zero-order valence-electron chi connectivity index (χ0n) is 7.31. The predicted molar refractivity (Wildman–Crippen MR) is 44.1 cm³/mol. The van der Waals surface area contributed by atoms with Crippen molar-refractivity contribution in [2.45, 2.75) is 20.8 Å². The molecule has 0 unspecified atom stereocenters. The number of nitrogens with one attached hydrogen (secondary N) is 1. The maximum absolute atomic E-state index is 11.0. The fourth-order valence-corrected chi connectivity index (χ4v) is 0.562. The van der Waals surface area contributed by atoms with E-state index in [2.05, 4.69) is 5.32 Å². The first kappa shape index (κ1) is 10.0. The summed E-state index contributed by atoms with van der Waals surface area (Å²) in [6.45, 7) is 6.72. The second-order valence-corrected chi connectivity index (χ2v) is 2.12. The Morgan fingerprint density at radius 1 is 1.55 bits per heavy atom. The molecular weight excluding hydrogens is 142 g/mol. The van der Waals surface area contributed by atoms with Crippen LogP contribution in [0.5, 0.6) is 0 Å². The molecular formula is C8H15NO2. The van der Waals surface area contributed by atoms with Crippen LogP contribution < -0.4 is 5.32 Å². The van der Waals surface area contributed by atoms with Crippen molar-refractivity contribution >= 4 is 5.91 Å². The van der Waals surface area contributed by atoms with Crippen LogP contribution in [0, 0.1) is 0 Å². The second-order valence-electron chi connectivity index (χ2n) is 2.12. The van der Waals surface area contributed by atoms with E-state index in [1.54, 1.807) is 6.92 Å². The number of carbonyl (C=O) groups is 1. The Morgan fingerprint density at radius 3 is 2.64 bits per heavy atom. The Labute approximate surface area is 67.4 Å². The quantitative estimate of drug-likeness (QED) is 0.489. The van der Waals surface area contributed by atoms with Crippen LogP contribution in [0.1, 0.15) is 20.8 Å². The van der Waals surface area contributed by atoms with Crippen molar-refractivity contribution in [3.8, 4) is 0 Å². The molecule has 0 aromatic heterocycles. The molecule has 0 aliphatic rings. The highest BCUT2D eigenvalue weighted by molar-refractivity contribution is 5.92. The average Bonchev–Trinajstić information content (AvgIpc) is 2.00. The number of amides is 1. The summed E-state index contributed by atoms with van der Waals surface area (Å²) in [6.07, 6.45) is 1.48. The second kappa shape index (κ2) is 5.77. The monoisotopic (exact) mass is 157 g/mol. The topological polar surface area (TPSA) is 38.3 Å². The van der Waals surface area contributed by atoms with E-state index in [1.165, 1.54) is 6.26 Å². The van der Waals surface area contributed by atoms with Crippen LogP contribution in [0.25, 0.3) is 0 Å². The lowest BCUT2D eigenvalue weighted by molar-refractivity contribution is -0.117. The van der Waals surface area contributed by atoms with E-state index in [-0.39, 0.29) is 5.91 Å². The summed E-state index contributed by atoms with van der Waals surface area (Å²) in [7, 11) is 0. The first-order chi connectivity index (χ1) is 5.22. The van der Waals surface area contributed by atoms with E-state index in [9.17, 15) is 4.79 Å². The van der Waals surface area contributed by atoms with Crippen molar-refractivity contribution in [1.82, 2.24) is 5.32 Å². The van der Waals surface area contributed by atoms with Gasteiger partial charge in [-0.1, -0.05) is 0 Å². The van der Waals surface area contributed by atoms with Crippen LogP contribution in [-0.2, 0) is 9.53 Å². The summed E-state index contributed by atoms with van der Waals surface area (Å²) < 4.78 is 4.94. The molecule has 64 valence electrons. The average molecular weight is 157 g/mol. The van der Waals surface area contributed by atoms with Gasteiger partial charge in [-0.15, -0.1) is 0 Å². The minimum atomic E-state index is -0.0686. The van der Waals surface area contributed by atoms with E-state index in [0.29, 0.717) is 18.7 Å². The van der Waals surface area contributed by atoms with Crippen molar-refractivity contribution in [2.75, 3.05) is 13.2 Å². The van der Waals surface area contributed by atoms with Gasteiger partial charge in [0.05, 0.1) is 12.9 Å². The van der Waals surface area contributed by atoms with E-state index in [1.807, 2.05) is 13.8 Å². The SMILES string of the molecule is CCNC(=O)C(C)=COCC. The third-order valence-electron chi connectivity index (χ3n) is 1.12. The summed E-state index contributed by atoms with van der Waals surface area (Å²) in [5.41, 5.74) is 0.605. The molecule has 0 bridgehead atoms. The van der Waals surface area contributed by atoms with Crippen LogP contribution in [-0.4, -0.2) is 19.1 Å². The molecule has 0 rings (SSSR count). The van der Waals surface area contributed by atoms with Crippen molar-refractivity contribution in [3.63, 3.8) is 0 Å². The van der Waals surface area contributed by atoms with Crippen LogP contribution >= 0.6 is 0 Å². The zero-order chi connectivity index (χ0) is 8.69. The van der Waals surface area contributed by atoms with Gasteiger partial charge >= 0.3 is 0 Å². The Hall–Kier alpha value is -0.990. The van der Waals surface area contributed by atoms with E-state index < -0.39 is 0 Å². The molecule has 3 heteroatoms. The lowest BCUT2D eigenvalue weighted by atomic mass is 10.3. The summed E-state index contributed by atoms with van der Waals surface area (Å²) in [5, 5.41) is 2.67. The minimum Gasteiger partial charge on any atom is -0.501 e. The van der Waals surface area contributed by atoms with Gasteiger partial charge in [0, 0.05) is 12.1 Å². The van der Waals surface area contributed by atoms with Gasteiger partial charge in [0.25, 0.3) is 0 Å². The molecule has 0 radical (unpaired) electrons. The van der Waals surface area contributed by atoms with Gasteiger partial charge in [-0.05, 0) is 20.8 Å². The molecule has 3 nitrogen and oxygen atoms in total. The number of hydrogen-bond donors (Lipinski definition) is 1. The number of ether oxygens (including phenoxy) is 1. The largest absolute Gasteiger partial charge is 0.501 e. The highest BCUT2D eigenvalue weighted by Gasteiger charge is 2.00. The molecule has 0 aliphatic carbocycles. The maximum Gasteiger partial charge on any atom is 0.249 e. The number of rotatable bonds is 4. The molecule has 1 amide bonds. The molecule has 0 heterocycles. The Bertz CT molecular complexity index is 152. The molecule has 0 atom stereocenters. The number of carbonyl (C=O) groups excluding carboxylic acids is 1. The van der Waals surface area contributed by atoms with E-state index in [0.717, 1.165) is 0 Å². The van der Waals surface area contributed by atoms with Crippen molar-refractivity contribution in [2.24, 2.45) is 0 Å². The summed E-state index contributed by atoms with van der Waals surface area (Å²) >= 11 is 0. The number of likely N-dealkylation sites (N-methyl/N-ethyl adjacent to an activating group) is 1. The Morgan fingerprint density at radius 2 is 2.18 bits per heavy atom. The van der Waals surface area contributed by atoms with Gasteiger partial charge < -0.3 is 10.1 Å². The molecule has 11 heavy (non-hydrogen) atoms. The fraction of sp³-hybridized carbons (Fsp3) is 0.625. The molecule has 0 saturated carbocycles. The summed E-state index contributed by atoms with van der Waals surface area (Å²) in [5.74, 6) is -0.0686. The van der Waals surface area contributed by atoms with Gasteiger partial charge in [-0.3, -0.25) is 4.79 Å². The molecule has 0 aromatic carbocycles. The highest BCUT2D eigenvalue weighted by atomic mass is 16.5. The van der Waals surface area contributed by atoms with Gasteiger partial charge in [0.2, 0.25) is 5.91 Å². The lowest BCUT2D eigenvalue weighted by Gasteiger charge is -2.01. The molecule has 0 saturated heterocycles. The smallest absolute Gasteiger partial charge is 0.249 e. The molecule has 0 aliphatic heterocycles. The van der Waals surface area contributed by atoms with Crippen LogP contribution in [0.15, 0.2) is 11.8 Å². The predicted octanol–water partition coefficient (Wildman–Crippen LogP) is 1.06. The Balaban J connectivity index is 3.80. The minimum absolute atomic E-state index is 0.0686. The fourth-order valence-electron chi connectivity index (χ4n) is 0.562. The summed E-state index contributed by atoms with van der Waals surface area (Å²) in [6, 6.07) is 0. The van der Waals surface area contributed by atoms with Crippen molar-refractivity contribution < 1.29 is 9.53 Å². The molecule has 0 aromatic rings. The first-order valence-corrected chi connectivity index (χ1v) is 3.78. The van der Waals surface area contributed by atoms with Gasteiger partial charge in [0.1, 0.15) is 0 Å². The van der Waals surface area contributed by atoms with Crippen molar-refractivity contribution in [1.29, 1.82) is 0 Å². The Kier molecular flexibility index (Phi) is 5.25. The standard InChI is InChI=1S/C8H15NO2/c1-4-9-8(10)7(3)6-11-5-2/h6H,4-5H2,1-3H3,(H,9,10). The van der Waals surface area contributed by atoms with Gasteiger partial charge in [-0.25, -0.2) is 0 Å². The van der Waals surface area contributed by atoms with Crippen LogP contribution in [0.3, 0.4) is 0 Å². The molecule has 1 N–H and O–H groups in total. The van der Waals surface area contributed by atoms with Crippen LogP contribution in [0.4, 0.5) is 0 Å². The number of hydrogen-bond acceptors (Lipinski definition) is 2. The third kappa shape index (κ3) is 4.42.